The number of hydrogen-bond donors (Lipinski definition) is 2. The minimum absolute atomic E-state index is 0.000474. The van der Waals surface area contributed by atoms with Crippen LogP contribution in [0, 0.1) is 5.92 Å². The van der Waals surface area contributed by atoms with Gasteiger partial charge in [0.05, 0.1) is 39.8 Å². The van der Waals surface area contributed by atoms with Gasteiger partial charge in [-0.05, 0) is 31.5 Å². The molecule has 10 heteroatoms. The average molecular weight is 404 g/mol. The zero-order valence-electron chi connectivity index (χ0n) is 15.7. The molecule has 1 aromatic carbocycles. The molecule has 1 aromatic rings. The minimum Gasteiger partial charge on any atom is -0.493 e. The summed E-state index contributed by atoms with van der Waals surface area (Å²) < 4.78 is 34.5. The van der Waals surface area contributed by atoms with Crippen molar-refractivity contribution in [3.63, 3.8) is 0 Å². The lowest BCUT2D eigenvalue weighted by molar-refractivity contribution is -0.148. The molecular weight excluding hydrogens is 379 g/mol. The number of carboxylic acids is 2. The van der Waals surface area contributed by atoms with E-state index >= 15 is 0 Å². The smallest absolute Gasteiger partial charge is 0.338 e. The number of benzene rings is 1. The number of hydrogen-bond acceptors (Lipinski definition) is 7. The molecule has 0 amide bonds. The molecule has 0 saturated heterocycles. The molecule has 0 radical (unpaired) electrons. The Hall–Kier alpha value is -2.09. The average Bonchev–Trinajstić information content (AvgIpc) is 2.60. The molecule has 0 aliphatic heterocycles. The Labute approximate surface area is 157 Å². The summed E-state index contributed by atoms with van der Waals surface area (Å²) >= 11 is 0. The summed E-state index contributed by atoms with van der Waals surface area (Å²) in [5.41, 5.74) is -1.09. The van der Waals surface area contributed by atoms with Crippen molar-refractivity contribution in [3.05, 3.63) is 23.8 Å². The number of carbonyl (C=O) groups is 2. The highest BCUT2D eigenvalue weighted by molar-refractivity contribution is 7.54. The van der Waals surface area contributed by atoms with E-state index in [0.717, 1.165) is 0 Å². The monoisotopic (exact) mass is 404 g/mol. The fourth-order valence-corrected chi connectivity index (χ4v) is 5.07. The summed E-state index contributed by atoms with van der Waals surface area (Å²) in [4.78, 5) is 23.1. The second kappa shape index (κ2) is 10.3. The molecular formula is C17H25O9P. The van der Waals surface area contributed by atoms with Crippen LogP contribution in [0.5, 0.6) is 11.5 Å². The maximum absolute atomic E-state index is 13.4. The van der Waals surface area contributed by atoms with E-state index in [1.54, 1.807) is 13.8 Å². The van der Waals surface area contributed by atoms with Gasteiger partial charge < -0.3 is 28.7 Å². The van der Waals surface area contributed by atoms with E-state index in [-0.39, 0.29) is 24.5 Å². The van der Waals surface area contributed by atoms with E-state index in [1.165, 1.54) is 32.4 Å². The molecule has 0 aliphatic carbocycles. The highest BCUT2D eigenvalue weighted by atomic mass is 31.2. The minimum atomic E-state index is -4.01. The van der Waals surface area contributed by atoms with Gasteiger partial charge in [0.25, 0.3) is 0 Å². The Morgan fingerprint density at radius 2 is 1.59 bits per heavy atom. The summed E-state index contributed by atoms with van der Waals surface area (Å²) in [6, 6.07) is 4.46. The number of aliphatic carboxylic acids is 2. The van der Waals surface area contributed by atoms with Gasteiger partial charge in [-0.1, -0.05) is 6.07 Å². The van der Waals surface area contributed by atoms with Gasteiger partial charge in [0.1, 0.15) is 5.66 Å². The van der Waals surface area contributed by atoms with Crippen LogP contribution < -0.4 is 9.47 Å². The van der Waals surface area contributed by atoms with Gasteiger partial charge in [0.2, 0.25) is 0 Å². The first-order valence-electron chi connectivity index (χ1n) is 8.29. The molecule has 9 nitrogen and oxygen atoms in total. The SMILES string of the molecule is CCOP(=O)(OCC)C(c1ccc(OC)c(OC)c1)C(CC(=O)O)C(=O)O. The second-order valence-electron chi connectivity index (χ2n) is 5.48. The van der Waals surface area contributed by atoms with E-state index in [2.05, 4.69) is 0 Å². The lowest BCUT2D eigenvalue weighted by Gasteiger charge is -2.30. The molecule has 0 fully saturated rings. The van der Waals surface area contributed by atoms with Crippen LogP contribution in [0.25, 0.3) is 0 Å². The number of rotatable bonds is 12. The van der Waals surface area contributed by atoms with Crippen LogP contribution in [0.1, 0.15) is 31.5 Å². The van der Waals surface area contributed by atoms with Crippen molar-refractivity contribution < 1.29 is 42.9 Å². The van der Waals surface area contributed by atoms with Crippen LogP contribution in [0.2, 0.25) is 0 Å². The summed E-state index contributed by atoms with van der Waals surface area (Å²) in [6.45, 7) is 3.18. The van der Waals surface area contributed by atoms with Crippen LogP contribution in [0.3, 0.4) is 0 Å². The molecule has 2 unspecified atom stereocenters. The Balaban J connectivity index is 3.64. The van der Waals surface area contributed by atoms with E-state index in [0.29, 0.717) is 5.75 Å². The highest BCUT2D eigenvalue weighted by Gasteiger charge is 2.46. The van der Waals surface area contributed by atoms with Crippen molar-refractivity contribution in [1.29, 1.82) is 0 Å². The Morgan fingerprint density at radius 1 is 1.04 bits per heavy atom. The van der Waals surface area contributed by atoms with Gasteiger partial charge >= 0.3 is 19.5 Å². The molecule has 27 heavy (non-hydrogen) atoms. The summed E-state index contributed by atoms with van der Waals surface area (Å²) in [7, 11) is -1.18. The lowest BCUT2D eigenvalue weighted by Crippen LogP contribution is -2.26. The molecule has 0 saturated carbocycles. The zero-order valence-corrected chi connectivity index (χ0v) is 16.6. The van der Waals surface area contributed by atoms with Gasteiger partial charge in [-0.25, -0.2) is 0 Å². The molecule has 1 rings (SSSR count). The quantitative estimate of drug-likeness (QED) is 0.505. The van der Waals surface area contributed by atoms with Crippen molar-refractivity contribution in [2.75, 3.05) is 27.4 Å². The van der Waals surface area contributed by atoms with E-state index in [9.17, 15) is 19.3 Å². The van der Waals surface area contributed by atoms with Crippen molar-refractivity contribution >= 4 is 19.5 Å². The van der Waals surface area contributed by atoms with Gasteiger partial charge in [0, 0.05) is 0 Å². The molecule has 0 bridgehead atoms. The highest BCUT2D eigenvalue weighted by Crippen LogP contribution is 2.64. The van der Waals surface area contributed by atoms with Crippen molar-refractivity contribution in [1.82, 2.24) is 0 Å². The van der Waals surface area contributed by atoms with E-state index in [1.807, 2.05) is 0 Å². The third kappa shape index (κ3) is 5.69. The normalized spacial score (nSPS) is 13.6. The molecule has 2 atom stereocenters. The number of ether oxygens (including phenoxy) is 2. The first kappa shape index (κ1) is 23.0. The Bertz CT molecular complexity index is 694. The number of carboxylic acid groups (broad SMARTS) is 2. The Morgan fingerprint density at radius 3 is 2.00 bits per heavy atom. The first-order valence-corrected chi connectivity index (χ1v) is 9.90. The largest absolute Gasteiger partial charge is 0.493 e. The van der Waals surface area contributed by atoms with E-state index in [4.69, 9.17) is 23.6 Å². The predicted octanol–water partition coefficient (Wildman–Crippen LogP) is 3.19. The van der Waals surface area contributed by atoms with Gasteiger partial charge in [-0.3, -0.25) is 14.2 Å². The molecule has 0 heterocycles. The predicted molar refractivity (Wildman–Crippen MR) is 96.5 cm³/mol. The second-order valence-corrected chi connectivity index (χ2v) is 7.63. The third-order valence-corrected chi connectivity index (χ3v) is 6.38. The van der Waals surface area contributed by atoms with Crippen LogP contribution in [0.15, 0.2) is 18.2 Å². The van der Waals surface area contributed by atoms with Crippen molar-refractivity contribution in [2.45, 2.75) is 25.9 Å². The zero-order chi connectivity index (χ0) is 20.6. The lowest BCUT2D eigenvalue weighted by atomic mass is 9.95. The van der Waals surface area contributed by atoms with Gasteiger partial charge in [0.15, 0.2) is 11.5 Å². The van der Waals surface area contributed by atoms with Crippen LogP contribution >= 0.6 is 7.60 Å². The van der Waals surface area contributed by atoms with Crippen LogP contribution in [0.4, 0.5) is 0 Å². The fraction of sp³-hybridized carbons (Fsp3) is 0.529. The molecule has 152 valence electrons. The summed E-state index contributed by atoms with van der Waals surface area (Å²) in [6.07, 6.45) is -0.752. The fourth-order valence-electron chi connectivity index (χ4n) is 2.75. The van der Waals surface area contributed by atoms with Gasteiger partial charge in [-0.15, -0.1) is 0 Å². The third-order valence-electron chi connectivity index (χ3n) is 3.80. The standard InChI is InChI=1S/C17H25O9P/c1-5-25-27(22,26-6-2)16(12(17(20)21)10-15(18)19)11-7-8-13(23-3)14(9-11)24-4/h7-9,12,16H,5-6,10H2,1-4H3,(H,18,19)(H,20,21). The Kier molecular flexibility index (Phi) is 8.75. The summed E-state index contributed by atoms with van der Waals surface area (Å²) in [5.74, 6) is -3.64. The van der Waals surface area contributed by atoms with Crippen LogP contribution in [-0.2, 0) is 23.2 Å². The molecule has 2 N–H and O–H groups in total. The number of methoxy groups -OCH3 is 2. The molecule has 0 aliphatic rings. The van der Waals surface area contributed by atoms with Crippen molar-refractivity contribution in [3.8, 4) is 11.5 Å². The maximum Gasteiger partial charge on any atom is 0.338 e. The van der Waals surface area contributed by atoms with Crippen LogP contribution in [-0.4, -0.2) is 49.6 Å². The molecule has 0 spiro atoms. The maximum atomic E-state index is 13.4. The van der Waals surface area contributed by atoms with Gasteiger partial charge in [-0.2, -0.15) is 0 Å². The van der Waals surface area contributed by atoms with E-state index < -0.39 is 37.5 Å². The molecule has 0 aromatic heterocycles. The summed E-state index contributed by atoms with van der Waals surface area (Å²) in [5, 5.41) is 18.8. The van der Waals surface area contributed by atoms with Crippen molar-refractivity contribution in [2.24, 2.45) is 5.92 Å². The topological polar surface area (TPSA) is 129 Å². The first-order chi connectivity index (χ1) is 12.7.